The number of methoxy groups -OCH3 is 2. The Kier molecular flexibility index (Phi) is 6.22. The van der Waals surface area contributed by atoms with Crippen LogP contribution in [-0.4, -0.2) is 31.8 Å². The van der Waals surface area contributed by atoms with E-state index in [-0.39, 0.29) is 6.03 Å². The Morgan fingerprint density at radius 2 is 2.13 bits per heavy atom. The molecule has 0 aliphatic heterocycles. The molecular formula is C16H21N3O3S. The second-order valence-electron chi connectivity index (χ2n) is 4.78. The van der Waals surface area contributed by atoms with Gasteiger partial charge in [0, 0.05) is 24.4 Å². The molecule has 0 unspecified atom stereocenters. The molecule has 0 saturated carbocycles. The number of carbonyl (C=O) groups excluding carboxylic acids is 1. The van der Waals surface area contributed by atoms with Gasteiger partial charge in [0.2, 0.25) is 0 Å². The quantitative estimate of drug-likeness (QED) is 0.815. The number of hydrogen-bond donors (Lipinski definition) is 2. The van der Waals surface area contributed by atoms with Crippen molar-refractivity contribution in [2.75, 3.05) is 26.1 Å². The SMILES string of the molecule is CCc1nc(CCNC(=O)Nc2cc(OC)ccc2OC)cs1. The summed E-state index contributed by atoms with van der Waals surface area (Å²) >= 11 is 1.65. The number of urea groups is 1. The first-order valence-electron chi connectivity index (χ1n) is 7.36. The fourth-order valence-corrected chi connectivity index (χ4v) is 2.79. The number of hydrogen-bond acceptors (Lipinski definition) is 5. The predicted octanol–water partition coefficient (Wildman–Crippen LogP) is 3.09. The van der Waals surface area contributed by atoms with E-state index in [4.69, 9.17) is 9.47 Å². The van der Waals surface area contributed by atoms with E-state index in [9.17, 15) is 4.79 Å². The monoisotopic (exact) mass is 335 g/mol. The van der Waals surface area contributed by atoms with Crippen LogP contribution in [-0.2, 0) is 12.8 Å². The van der Waals surface area contributed by atoms with Crippen molar-refractivity contribution in [2.24, 2.45) is 0 Å². The number of rotatable bonds is 7. The van der Waals surface area contributed by atoms with Crippen molar-refractivity contribution in [2.45, 2.75) is 19.8 Å². The number of thiazole rings is 1. The summed E-state index contributed by atoms with van der Waals surface area (Å²) in [7, 11) is 3.13. The highest BCUT2D eigenvalue weighted by atomic mass is 32.1. The first-order valence-corrected chi connectivity index (χ1v) is 8.24. The molecule has 1 aromatic heterocycles. The average molecular weight is 335 g/mol. The van der Waals surface area contributed by atoms with Crippen LogP contribution in [0.1, 0.15) is 17.6 Å². The molecule has 0 bridgehead atoms. The zero-order valence-electron chi connectivity index (χ0n) is 13.5. The Morgan fingerprint density at radius 1 is 1.30 bits per heavy atom. The zero-order valence-corrected chi connectivity index (χ0v) is 14.3. The minimum atomic E-state index is -0.289. The number of benzene rings is 1. The maximum absolute atomic E-state index is 12.0. The molecule has 2 N–H and O–H groups in total. The second-order valence-corrected chi connectivity index (χ2v) is 5.73. The maximum atomic E-state index is 12.0. The van der Waals surface area contributed by atoms with Crippen LogP contribution in [0.4, 0.5) is 10.5 Å². The molecule has 2 aromatic rings. The number of nitrogens with one attached hydrogen (secondary N) is 2. The fourth-order valence-electron chi connectivity index (χ4n) is 2.01. The lowest BCUT2D eigenvalue weighted by Crippen LogP contribution is -2.30. The first kappa shape index (κ1) is 17.1. The molecule has 0 spiro atoms. The van der Waals surface area contributed by atoms with E-state index in [1.807, 2.05) is 5.38 Å². The van der Waals surface area contributed by atoms with E-state index in [1.165, 1.54) is 0 Å². The van der Waals surface area contributed by atoms with Crippen LogP contribution >= 0.6 is 11.3 Å². The lowest BCUT2D eigenvalue weighted by Gasteiger charge is -2.12. The summed E-state index contributed by atoms with van der Waals surface area (Å²) in [6.45, 7) is 2.60. The molecule has 0 saturated heterocycles. The van der Waals surface area contributed by atoms with E-state index < -0.39 is 0 Å². The molecule has 124 valence electrons. The molecular weight excluding hydrogens is 314 g/mol. The van der Waals surface area contributed by atoms with Crippen LogP contribution in [0, 0.1) is 0 Å². The summed E-state index contributed by atoms with van der Waals surface area (Å²) in [5.41, 5.74) is 1.57. The van der Waals surface area contributed by atoms with E-state index >= 15 is 0 Å². The topological polar surface area (TPSA) is 72.5 Å². The summed E-state index contributed by atoms with van der Waals surface area (Å²) in [5, 5.41) is 8.73. The summed E-state index contributed by atoms with van der Waals surface area (Å²) in [5.74, 6) is 1.23. The maximum Gasteiger partial charge on any atom is 0.319 e. The molecule has 0 aliphatic rings. The van der Waals surface area contributed by atoms with Gasteiger partial charge in [-0.25, -0.2) is 9.78 Å². The van der Waals surface area contributed by atoms with Gasteiger partial charge in [0.05, 0.1) is 30.6 Å². The predicted molar refractivity (Wildman–Crippen MR) is 91.8 cm³/mol. The number of amides is 2. The molecule has 6 nitrogen and oxygen atoms in total. The molecule has 0 radical (unpaired) electrons. The second kappa shape index (κ2) is 8.38. The number of aromatic nitrogens is 1. The Morgan fingerprint density at radius 3 is 2.78 bits per heavy atom. The van der Waals surface area contributed by atoms with Crippen molar-refractivity contribution >= 4 is 23.1 Å². The highest BCUT2D eigenvalue weighted by Gasteiger charge is 2.09. The Labute approximate surface area is 139 Å². The largest absolute Gasteiger partial charge is 0.497 e. The lowest BCUT2D eigenvalue weighted by molar-refractivity contribution is 0.252. The molecule has 23 heavy (non-hydrogen) atoms. The third-order valence-electron chi connectivity index (χ3n) is 3.22. The molecule has 2 rings (SSSR count). The van der Waals surface area contributed by atoms with Gasteiger partial charge in [-0.3, -0.25) is 0 Å². The van der Waals surface area contributed by atoms with Gasteiger partial charge in [0.25, 0.3) is 0 Å². The Balaban J connectivity index is 1.86. The summed E-state index contributed by atoms with van der Waals surface area (Å²) in [4.78, 5) is 16.5. The smallest absolute Gasteiger partial charge is 0.319 e. The molecule has 0 aliphatic carbocycles. The van der Waals surface area contributed by atoms with Crippen molar-refractivity contribution in [1.82, 2.24) is 10.3 Å². The van der Waals surface area contributed by atoms with Crippen LogP contribution in [0.25, 0.3) is 0 Å². The number of ether oxygens (including phenoxy) is 2. The Bertz CT molecular complexity index is 658. The summed E-state index contributed by atoms with van der Waals surface area (Å²) < 4.78 is 10.4. The van der Waals surface area contributed by atoms with Gasteiger partial charge < -0.3 is 20.1 Å². The molecule has 7 heteroatoms. The Hall–Kier alpha value is -2.28. The third-order valence-corrected chi connectivity index (χ3v) is 4.27. The first-order chi connectivity index (χ1) is 11.2. The lowest BCUT2D eigenvalue weighted by atomic mass is 10.2. The number of nitrogens with zero attached hydrogens (tertiary/aromatic N) is 1. The van der Waals surface area contributed by atoms with Crippen molar-refractivity contribution < 1.29 is 14.3 Å². The van der Waals surface area contributed by atoms with Gasteiger partial charge in [0.15, 0.2) is 0 Å². The zero-order chi connectivity index (χ0) is 16.7. The van der Waals surface area contributed by atoms with E-state index in [0.717, 1.165) is 17.1 Å². The molecule has 0 atom stereocenters. The third kappa shape index (κ3) is 4.85. The number of aryl methyl sites for hydroxylation is 1. The minimum Gasteiger partial charge on any atom is -0.497 e. The number of anilines is 1. The summed E-state index contributed by atoms with van der Waals surface area (Å²) in [6, 6.07) is 4.94. The van der Waals surface area contributed by atoms with Crippen molar-refractivity contribution in [3.8, 4) is 11.5 Å². The fraction of sp³-hybridized carbons (Fsp3) is 0.375. The normalized spacial score (nSPS) is 10.2. The van der Waals surface area contributed by atoms with E-state index in [0.29, 0.717) is 30.2 Å². The standard InChI is InChI=1S/C16H21N3O3S/c1-4-15-18-11(10-23-15)7-8-17-16(20)19-13-9-12(21-2)5-6-14(13)22-3/h5-6,9-10H,4,7-8H2,1-3H3,(H2,17,19,20). The van der Waals surface area contributed by atoms with Crippen LogP contribution in [0.5, 0.6) is 11.5 Å². The minimum absolute atomic E-state index is 0.289. The summed E-state index contributed by atoms with van der Waals surface area (Å²) in [6.07, 6.45) is 1.65. The van der Waals surface area contributed by atoms with Crippen molar-refractivity contribution in [1.29, 1.82) is 0 Å². The van der Waals surface area contributed by atoms with Gasteiger partial charge in [-0.2, -0.15) is 0 Å². The molecule has 2 amide bonds. The van der Waals surface area contributed by atoms with Crippen LogP contribution < -0.4 is 20.1 Å². The van der Waals surface area contributed by atoms with Crippen LogP contribution in [0.2, 0.25) is 0 Å². The highest BCUT2D eigenvalue weighted by Crippen LogP contribution is 2.28. The average Bonchev–Trinajstić information content (AvgIpc) is 3.02. The van der Waals surface area contributed by atoms with Gasteiger partial charge in [-0.05, 0) is 18.6 Å². The molecule has 0 fully saturated rings. The van der Waals surface area contributed by atoms with Crippen LogP contribution in [0.15, 0.2) is 23.6 Å². The van der Waals surface area contributed by atoms with Gasteiger partial charge in [0.1, 0.15) is 11.5 Å². The van der Waals surface area contributed by atoms with Crippen molar-refractivity contribution in [3.05, 3.63) is 34.3 Å². The van der Waals surface area contributed by atoms with Gasteiger partial charge in [-0.15, -0.1) is 11.3 Å². The van der Waals surface area contributed by atoms with E-state index in [1.54, 1.807) is 43.8 Å². The van der Waals surface area contributed by atoms with Crippen molar-refractivity contribution in [3.63, 3.8) is 0 Å². The molecule has 1 heterocycles. The van der Waals surface area contributed by atoms with Gasteiger partial charge in [-0.1, -0.05) is 6.92 Å². The molecule has 1 aromatic carbocycles. The highest BCUT2D eigenvalue weighted by molar-refractivity contribution is 7.09. The number of carbonyl (C=O) groups is 1. The van der Waals surface area contributed by atoms with E-state index in [2.05, 4.69) is 22.5 Å². The van der Waals surface area contributed by atoms with Gasteiger partial charge >= 0.3 is 6.03 Å². The van der Waals surface area contributed by atoms with Crippen LogP contribution in [0.3, 0.4) is 0 Å².